The summed E-state index contributed by atoms with van der Waals surface area (Å²) in [5.41, 5.74) is 2.14. The second-order valence-electron chi connectivity index (χ2n) is 5.42. The molecule has 94 valence electrons. The van der Waals surface area contributed by atoms with E-state index < -0.39 is 0 Å². The molecule has 0 amide bonds. The molecule has 4 nitrogen and oxygen atoms in total. The average Bonchev–Trinajstić information content (AvgIpc) is 3.06. The van der Waals surface area contributed by atoms with Gasteiger partial charge in [-0.3, -0.25) is 0 Å². The Morgan fingerprint density at radius 2 is 2.12 bits per heavy atom. The summed E-state index contributed by atoms with van der Waals surface area (Å²) in [7, 11) is 0. The lowest BCUT2D eigenvalue weighted by Crippen LogP contribution is -2.20. The monoisotopic (exact) mass is 235 g/mol. The predicted molar refractivity (Wildman–Crippen MR) is 68.1 cm³/mol. The van der Waals surface area contributed by atoms with Gasteiger partial charge in [0.05, 0.1) is 6.61 Å². The number of aromatic nitrogens is 2. The van der Waals surface area contributed by atoms with Crippen LogP contribution in [0.1, 0.15) is 44.0 Å². The van der Waals surface area contributed by atoms with Crippen LogP contribution in [0.5, 0.6) is 0 Å². The molecule has 1 aliphatic rings. The largest absolute Gasteiger partial charge is 0.396 e. The zero-order valence-electron chi connectivity index (χ0n) is 10.8. The number of nitrogens with zero attached hydrogens (tertiary/aromatic N) is 2. The van der Waals surface area contributed by atoms with Crippen molar-refractivity contribution in [2.24, 2.45) is 5.41 Å². The van der Waals surface area contributed by atoms with Gasteiger partial charge in [-0.15, -0.1) is 0 Å². The van der Waals surface area contributed by atoms with E-state index in [-0.39, 0.29) is 12.0 Å². The van der Waals surface area contributed by atoms with Crippen LogP contribution in [-0.4, -0.2) is 28.2 Å². The minimum Gasteiger partial charge on any atom is -0.396 e. The average molecular weight is 235 g/mol. The van der Waals surface area contributed by atoms with E-state index in [1.165, 1.54) is 0 Å². The van der Waals surface area contributed by atoms with Crippen LogP contribution in [0.3, 0.4) is 0 Å². The molecular formula is C13H21N3O. The van der Waals surface area contributed by atoms with Crippen molar-refractivity contribution in [2.75, 3.05) is 18.5 Å². The molecule has 17 heavy (non-hydrogen) atoms. The quantitative estimate of drug-likeness (QED) is 0.820. The molecule has 0 spiro atoms. The molecule has 1 fully saturated rings. The summed E-state index contributed by atoms with van der Waals surface area (Å²) in [6.45, 7) is 7.26. The maximum absolute atomic E-state index is 9.25. The molecule has 1 aromatic heterocycles. The van der Waals surface area contributed by atoms with Gasteiger partial charge in [0, 0.05) is 23.3 Å². The molecule has 0 unspecified atom stereocenters. The van der Waals surface area contributed by atoms with Crippen LogP contribution in [0.25, 0.3) is 0 Å². The van der Waals surface area contributed by atoms with Crippen molar-refractivity contribution in [3.63, 3.8) is 0 Å². The number of nitrogens with one attached hydrogen (secondary N) is 1. The summed E-state index contributed by atoms with van der Waals surface area (Å²) in [5, 5.41) is 12.5. The Morgan fingerprint density at radius 3 is 2.65 bits per heavy atom. The Balaban J connectivity index is 2.05. The van der Waals surface area contributed by atoms with Gasteiger partial charge in [-0.05, 0) is 31.7 Å². The highest BCUT2D eigenvalue weighted by Gasteiger charge is 2.41. The summed E-state index contributed by atoms with van der Waals surface area (Å²) in [6.07, 6.45) is 2.19. The summed E-state index contributed by atoms with van der Waals surface area (Å²) >= 11 is 0. The Morgan fingerprint density at radius 1 is 1.41 bits per heavy atom. The number of aliphatic hydroxyl groups excluding tert-OH is 1. The van der Waals surface area contributed by atoms with Crippen LogP contribution in [0.2, 0.25) is 0 Å². The van der Waals surface area contributed by atoms with E-state index in [4.69, 9.17) is 0 Å². The fraction of sp³-hybridized carbons (Fsp3) is 0.692. The van der Waals surface area contributed by atoms with Crippen molar-refractivity contribution in [2.45, 2.75) is 39.5 Å². The van der Waals surface area contributed by atoms with Crippen molar-refractivity contribution < 1.29 is 5.11 Å². The number of aliphatic hydroxyl groups is 1. The molecule has 1 heterocycles. The zero-order chi connectivity index (χ0) is 12.5. The van der Waals surface area contributed by atoms with Gasteiger partial charge < -0.3 is 10.4 Å². The van der Waals surface area contributed by atoms with Gasteiger partial charge in [0.2, 0.25) is 5.95 Å². The highest BCUT2D eigenvalue weighted by molar-refractivity contribution is 5.30. The van der Waals surface area contributed by atoms with E-state index >= 15 is 0 Å². The number of aryl methyl sites for hydroxylation is 1. The zero-order valence-corrected chi connectivity index (χ0v) is 10.8. The Bertz CT molecular complexity index is 400. The van der Waals surface area contributed by atoms with Crippen molar-refractivity contribution in [3.8, 4) is 0 Å². The van der Waals surface area contributed by atoms with Gasteiger partial charge in [0.15, 0.2) is 0 Å². The van der Waals surface area contributed by atoms with Crippen LogP contribution >= 0.6 is 0 Å². The molecule has 1 saturated carbocycles. The van der Waals surface area contributed by atoms with Crippen molar-refractivity contribution in [3.05, 3.63) is 17.5 Å². The molecule has 1 aliphatic carbocycles. The third-order valence-electron chi connectivity index (χ3n) is 3.38. The molecular weight excluding hydrogens is 214 g/mol. The summed E-state index contributed by atoms with van der Waals surface area (Å²) < 4.78 is 0. The SMILES string of the molecule is Cc1cc(C(C)C)nc(NCC2(CO)CC2)n1. The summed E-state index contributed by atoms with van der Waals surface area (Å²) in [5.74, 6) is 1.10. The van der Waals surface area contributed by atoms with Gasteiger partial charge in [-0.1, -0.05) is 13.8 Å². The van der Waals surface area contributed by atoms with E-state index in [2.05, 4.69) is 29.1 Å². The summed E-state index contributed by atoms with van der Waals surface area (Å²) in [4.78, 5) is 8.87. The van der Waals surface area contributed by atoms with E-state index in [9.17, 15) is 5.11 Å². The maximum Gasteiger partial charge on any atom is 0.223 e. The normalized spacial score (nSPS) is 17.2. The third kappa shape index (κ3) is 2.94. The first-order chi connectivity index (χ1) is 8.04. The van der Waals surface area contributed by atoms with E-state index in [0.29, 0.717) is 11.9 Å². The van der Waals surface area contributed by atoms with Gasteiger partial charge in [-0.25, -0.2) is 9.97 Å². The molecule has 4 heteroatoms. The first-order valence-electron chi connectivity index (χ1n) is 6.25. The van der Waals surface area contributed by atoms with Crippen LogP contribution in [-0.2, 0) is 0 Å². The van der Waals surface area contributed by atoms with Gasteiger partial charge >= 0.3 is 0 Å². The van der Waals surface area contributed by atoms with Gasteiger partial charge in [0.1, 0.15) is 0 Å². The van der Waals surface area contributed by atoms with Crippen molar-refractivity contribution >= 4 is 5.95 Å². The first-order valence-corrected chi connectivity index (χ1v) is 6.25. The molecule has 2 rings (SSSR count). The molecule has 0 radical (unpaired) electrons. The van der Waals surface area contributed by atoms with Crippen LogP contribution in [0.15, 0.2) is 6.07 Å². The number of hydrogen-bond donors (Lipinski definition) is 2. The van der Waals surface area contributed by atoms with E-state index in [0.717, 1.165) is 30.8 Å². The van der Waals surface area contributed by atoms with E-state index in [1.807, 2.05) is 13.0 Å². The van der Waals surface area contributed by atoms with E-state index in [1.54, 1.807) is 0 Å². The van der Waals surface area contributed by atoms with Crippen LogP contribution in [0, 0.1) is 12.3 Å². The van der Waals surface area contributed by atoms with Crippen LogP contribution < -0.4 is 5.32 Å². The second-order valence-corrected chi connectivity index (χ2v) is 5.42. The fourth-order valence-corrected chi connectivity index (χ4v) is 1.80. The van der Waals surface area contributed by atoms with Gasteiger partial charge in [0.25, 0.3) is 0 Å². The molecule has 2 N–H and O–H groups in total. The third-order valence-corrected chi connectivity index (χ3v) is 3.38. The second kappa shape index (κ2) is 4.61. The fourth-order valence-electron chi connectivity index (χ4n) is 1.80. The number of anilines is 1. The lowest BCUT2D eigenvalue weighted by atomic mass is 10.1. The summed E-state index contributed by atoms with van der Waals surface area (Å²) in [6, 6.07) is 2.02. The lowest BCUT2D eigenvalue weighted by Gasteiger charge is -2.14. The minimum absolute atomic E-state index is 0.0884. The molecule has 0 aromatic carbocycles. The van der Waals surface area contributed by atoms with Gasteiger partial charge in [-0.2, -0.15) is 0 Å². The Hall–Kier alpha value is -1.16. The maximum atomic E-state index is 9.25. The minimum atomic E-state index is 0.0884. The lowest BCUT2D eigenvalue weighted by molar-refractivity contribution is 0.219. The number of rotatable bonds is 5. The van der Waals surface area contributed by atoms with Crippen LogP contribution in [0.4, 0.5) is 5.95 Å². The topological polar surface area (TPSA) is 58.0 Å². The highest BCUT2D eigenvalue weighted by atomic mass is 16.3. The number of hydrogen-bond acceptors (Lipinski definition) is 4. The highest BCUT2D eigenvalue weighted by Crippen LogP contribution is 2.44. The molecule has 0 atom stereocenters. The Kier molecular flexibility index (Phi) is 3.33. The van der Waals surface area contributed by atoms with Crippen molar-refractivity contribution in [1.82, 2.24) is 9.97 Å². The molecule has 0 aliphatic heterocycles. The molecule has 1 aromatic rings. The standard InChI is InChI=1S/C13H21N3O/c1-9(2)11-6-10(3)15-12(16-11)14-7-13(8-17)4-5-13/h6,9,17H,4-5,7-8H2,1-3H3,(H,14,15,16). The molecule has 0 saturated heterocycles. The predicted octanol–water partition coefficient (Wildman–Crippen LogP) is 2.09. The Labute approximate surface area is 102 Å². The molecule has 0 bridgehead atoms. The first kappa shape index (κ1) is 12.3. The van der Waals surface area contributed by atoms with Crippen molar-refractivity contribution in [1.29, 1.82) is 0 Å². The smallest absolute Gasteiger partial charge is 0.223 e.